The molecule has 29 heavy (non-hydrogen) atoms. The van der Waals surface area contributed by atoms with E-state index in [1.807, 2.05) is 0 Å². The Morgan fingerprint density at radius 2 is 1.66 bits per heavy atom. The second-order valence-electron chi connectivity index (χ2n) is 6.71. The molecule has 6 nitrogen and oxygen atoms in total. The van der Waals surface area contributed by atoms with Crippen LogP contribution < -0.4 is 9.47 Å². The number of aliphatic hydroxyl groups excluding tert-OH is 1. The molecule has 0 unspecified atom stereocenters. The van der Waals surface area contributed by atoms with E-state index in [0.717, 1.165) is 5.56 Å². The van der Waals surface area contributed by atoms with Gasteiger partial charge in [0.2, 0.25) is 0 Å². The van der Waals surface area contributed by atoms with E-state index in [9.17, 15) is 15.0 Å². The van der Waals surface area contributed by atoms with Crippen LogP contribution in [0.1, 0.15) is 19.4 Å². The highest BCUT2D eigenvalue weighted by Gasteiger charge is 2.20. The maximum Gasteiger partial charge on any atom is 0.333 e. The highest BCUT2D eigenvalue weighted by molar-refractivity contribution is 6.42. The summed E-state index contributed by atoms with van der Waals surface area (Å²) >= 11 is 11.8. The normalized spacial score (nSPS) is 13.2. The smallest absolute Gasteiger partial charge is 0.333 e. The van der Waals surface area contributed by atoms with E-state index >= 15 is 0 Å². The van der Waals surface area contributed by atoms with Gasteiger partial charge in [-0.1, -0.05) is 35.3 Å². The number of aliphatic carboxylic acids is 1. The Labute approximate surface area is 179 Å². The molecular weight excluding hydrogens is 419 g/mol. The summed E-state index contributed by atoms with van der Waals surface area (Å²) in [5, 5.41) is 20.2. The first-order valence-corrected chi connectivity index (χ1v) is 9.86. The highest BCUT2D eigenvalue weighted by atomic mass is 35.5. The number of hydrogen-bond donors (Lipinski definition) is 2. The first-order chi connectivity index (χ1) is 13.7. The van der Waals surface area contributed by atoms with Crippen molar-refractivity contribution < 1.29 is 29.2 Å². The molecule has 0 aliphatic carbocycles. The van der Waals surface area contributed by atoms with Gasteiger partial charge in [-0.3, -0.25) is 0 Å². The lowest BCUT2D eigenvalue weighted by Crippen LogP contribution is -2.29. The fourth-order valence-electron chi connectivity index (χ4n) is 2.50. The molecule has 2 aromatic carbocycles. The minimum atomic E-state index is -1.01. The molecule has 0 aliphatic rings. The molecule has 158 valence electrons. The molecule has 0 bridgehead atoms. The quantitative estimate of drug-likeness (QED) is 0.541. The Morgan fingerprint density at radius 3 is 2.24 bits per heavy atom. The Morgan fingerprint density at radius 1 is 1.00 bits per heavy atom. The number of ether oxygens (including phenoxy) is 3. The lowest BCUT2D eigenvalue weighted by atomic mass is 10.1. The second kappa shape index (κ2) is 11.3. The van der Waals surface area contributed by atoms with Gasteiger partial charge in [0.1, 0.15) is 30.8 Å². The molecular formula is C21H24Cl2O6. The fraction of sp³-hybridized carbons (Fsp3) is 0.381. The SMILES string of the molecule is CC(C)O[C@@H](Cc1cccc(OC[C@H](O)COc2ccc(Cl)c(Cl)c2)c1)C(=O)O. The molecule has 0 aliphatic heterocycles. The first-order valence-electron chi connectivity index (χ1n) is 9.10. The third-order valence-electron chi connectivity index (χ3n) is 3.81. The molecule has 0 spiro atoms. The topological polar surface area (TPSA) is 85.2 Å². The summed E-state index contributed by atoms with van der Waals surface area (Å²) in [7, 11) is 0. The zero-order valence-corrected chi connectivity index (χ0v) is 17.7. The molecule has 0 aromatic heterocycles. The number of aliphatic hydroxyl groups is 1. The zero-order chi connectivity index (χ0) is 21.4. The van der Waals surface area contributed by atoms with Crippen molar-refractivity contribution in [3.63, 3.8) is 0 Å². The van der Waals surface area contributed by atoms with Gasteiger partial charge in [-0.15, -0.1) is 0 Å². The van der Waals surface area contributed by atoms with Gasteiger partial charge in [0.25, 0.3) is 0 Å². The van der Waals surface area contributed by atoms with E-state index in [4.69, 9.17) is 37.4 Å². The maximum absolute atomic E-state index is 11.3. The number of carboxylic acid groups (broad SMARTS) is 1. The summed E-state index contributed by atoms with van der Waals surface area (Å²) in [5.41, 5.74) is 0.761. The van der Waals surface area contributed by atoms with E-state index in [2.05, 4.69) is 0 Å². The van der Waals surface area contributed by atoms with Crippen molar-refractivity contribution in [2.24, 2.45) is 0 Å². The van der Waals surface area contributed by atoms with E-state index < -0.39 is 18.2 Å². The minimum Gasteiger partial charge on any atom is -0.491 e. The molecule has 0 radical (unpaired) electrons. The van der Waals surface area contributed by atoms with Gasteiger partial charge in [-0.25, -0.2) is 4.79 Å². The van der Waals surface area contributed by atoms with Crippen LogP contribution in [0.25, 0.3) is 0 Å². The van der Waals surface area contributed by atoms with Crippen LogP contribution in [-0.4, -0.2) is 47.7 Å². The molecule has 0 heterocycles. The van der Waals surface area contributed by atoms with Gasteiger partial charge in [-0.05, 0) is 43.7 Å². The summed E-state index contributed by atoms with van der Waals surface area (Å²) < 4.78 is 16.5. The van der Waals surface area contributed by atoms with Crippen molar-refractivity contribution in [1.82, 2.24) is 0 Å². The lowest BCUT2D eigenvalue weighted by Gasteiger charge is -2.17. The molecule has 0 saturated carbocycles. The van der Waals surface area contributed by atoms with Gasteiger partial charge in [-0.2, -0.15) is 0 Å². The number of rotatable bonds is 11. The fourth-order valence-corrected chi connectivity index (χ4v) is 2.79. The maximum atomic E-state index is 11.3. The van der Waals surface area contributed by atoms with Gasteiger partial charge in [0.15, 0.2) is 6.10 Å². The highest BCUT2D eigenvalue weighted by Crippen LogP contribution is 2.26. The molecule has 2 aromatic rings. The summed E-state index contributed by atoms with van der Waals surface area (Å²) in [4.78, 5) is 11.3. The summed E-state index contributed by atoms with van der Waals surface area (Å²) in [6.07, 6.45) is -1.78. The van der Waals surface area contributed by atoms with Crippen LogP contribution in [0.5, 0.6) is 11.5 Å². The average molecular weight is 443 g/mol. The van der Waals surface area contributed by atoms with Gasteiger partial charge < -0.3 is 24.4 Å². The van der Waals surface area contributed by atoms with Crippen molar-refractivity contribution in [1.29, 1.82) is 0 Å². The van der Waals surface area contributed by atoms with Gasteiger partial charge in [0.05, 0.1) is 16.1 Å². The number of benzene rings is 2. The average Bonchev–Trinajstić information content (AvgIpc) is 2.66. The van der Waals surface area contributed by atoms with Crippen molar-refractivity contribution in [3.05, 3.63) is 58.1 Å². The Kier molecular flexibility index (Phi) is 9.04. The molecule has 2 N–H and O–H groups in total. The standard InChI is InChI=1S/C21H24Cl2O6/c1-13(2)29-20(21(25)26)9-14-4-3-5-16(8-14)27-11-15(24)12-28-17-6-7-18(22)19(23)10-17/h3-8,10,13,15,20,24H,9,11-12H2,1-2H3,(H,25,26)/t15-,20-/m0/s1. The third-order valence-corrected chi connectivity index (χ3v) is 4.55. The van der Waals surface area contributed by atoms with Crippen molar-refractivity contribution in [3.8, 4) is 11.5 Å². The molecule has 2 atom stereocenters. The monoisotopic (exact) mass is 442 g/mol. The van der Waals surface area contributed by atoms with E-state index in [1.165, 1.54) is 0 Å². The second-order valence-corrected chi connectivity index (χ2v) is 7.53. The van der Waals surface area contributed by atoms with Crippen LogP contribution in [-0.2, 0) is 16.0 Å². The number of carboxylic acids is 1. The van der Waals surface area contributed by atoms with Crippen molar-refractivity contribution in [2.45, 2.75) is 38.6 Å². The minimum absolute atomic E-state index is 0.00955. The predicted molar refractivity (Wildman–Crippen MR) is 111 cm³/mol. The lowest BCUT2D eigenvalue weighted by molar-refractivity contribution is -0.153. The van der Waals surface area contributed by atoms with Crippen LogP contribution in [0.4, 0.5) is 0 Å². The first kappa shape index (κ1) is 23.3. The Bertz CT molecular complexity index is 812. The van der Waals surface area contributed by atoms with Crippen LogP contribution in [0.3, 0.4) is 0 Å². The van der Waals surface area contributed by atoms with Crippen molar-refractivity contribution >= 4 is 29.2 Å². The predicted octanol–water partition coefficient (Wildman–Crippen LogP) is 4.23. The largest absolute Gasteiger partial charge is 0.491 e. The number of carbonyl (C=O) groups is 1. The van der Waals surface area contributed by atoms with E-state index in [1.54, 1.807) is 56.3 Å². The molecule has 0 saturated heterocycles. The zero-order valence-electron chi connectivity index (χ0n) is 16.2. The van der Waals surface area contributed by atoms with Crippen LogP contribution in [0.2, 0.25) is 10.0 Å². The van der Waals surface area contributed by atoms with E-state index in [-0.39, 0.29) is 25.7 Å². The molecule has 0 amide bonds. The Balaban J connectivity index is 1.86. The van der Waals surface area contributed by atoms with Gasteiger partial charge in [0, 0.05) is 12.5 Å². The van der Waals surface area contributed by atoms with Crippen molar-refractivity contribution in [2.75, 3.05) is 13.2 Å². The molecule has 8 heteroatoms. The summed E-state index contributed by atoms with van der Waals surface area (Å²) in [6.45, 7) is 3.60. The Hall–Kier alpha value is -1.99. The van der Waals surface area contributed by atoms with E-state index in [0.29, 0.717) is 21.5 Å². The number of halogens is 2. The van der Waals surface area contributed by atoms with Crippen LogP contribution >= 0.6 is 23.2 Å². The van der Waals surface area contributed by atoms with Gasteiger partial charge >= 0.3 is 5.97 Å². The summed E-state index contributed by atoms with van der Waals surface area (Å²) in [5.74, 6) is -0.00465. The molecule has 0 fully saturated rings. The third kappa shape index (κ3) is 8.11. The molecule has 2 rings (SSSR count). The van der Waals surface area contributed by atoms with Crippen LogP contribution in [0.15, 0.2) is 42.5 Å². The summed E-state index contributed by atoms with van der Waals surface area (Å²) in [6, 6.07) is 11.9. The number of hydrogen-bond acceptors (Lipinski definition) is 5. The van der Waals surface area contributed by atoms with Crippen LogP contribution in [0, 0.1) is 0 Å².